The van der Waals surface area contributed by atoms with E-state index in [9.17, 15) is 14.9 Å². The molecule has 0 saturated heterocycles. The Hall–Kier alpha value is -4.07. The molecular formula is C20H15N5O3. The molecular weight excluding hydrogens is 358 g/mol. The molecule has 0 saturated carbocycles. The predicted octanol–water partition coefficient (Wildman–Crippen LogP) is 3.51. The highest BCUT2D eigenvalue weighted by Crippen LogP contribution is 2.28. The van der Waals surface area contributed by atoms with Gasteiger partial charge in [0.05, 0.1) is 22.2 Å². The molecule has 0 fully saturated rings. The van der Waals surface area contributed by atoms with Crippen LogP contribution in [0.3, 0.4) is 0 Å². The van der Waals surface area contributed by atoms with Gasteiger partial charge in [-0.25, -0.2) is 4.98 Å². The maximum Gasteiger partial charge on any atom is 0.293 e. The van der Waals surface area contributed by atoms with Crippen LogP contribution < -0.4 is 10.9 Å². The van der Waals surface area contributed by atoms with E-state index in [0.29, 0.717) is 17.7 Å². The molecule has 2 aromatic heterocycles. The molecule has 2 N–H and O–H groups in total. The standard InChI is InChI=1S/C20H15N5O3/c26-20-16-8-19(25(27)28)18(9-17(16)23-12-24-20)22-10-13-3-5-14(6-4-13)15-2-1-7-21-11-15/h1-9,11-12,22H,10H2,(H,23,24,26). The van der Waals surface area contributed by atoms with Gasteiger partial charge in [0.2, 0.25) is 0 Å². The zero-order valence-corrected chi connectivity index (χ0v) is 14.6. The zero-order valence-electron chi connectivity index (χ0n) is 14.6. The quantitative estimate of drug-likeness (QED) is 0.409. The minimum Gasteiger partial charge on any atom is -0.375 e. The lowest BCUT2D eigenvalue weighted by molar-refractivity contribution is -0.383. The fourth-order valence-corrected chi connectivity index (χ4v) is 2.94. The first-order valence-electron chi connectivity index (χ1n) is 8.51. The molecule has 2 heterocycles. The number of hydrogen-bond acceptors (Lipinski definition) is 6. The van der Waals surface area contributed by atoms with Crippen LogP contribution in [0.4, 0.5) is 11.4 Å². The number of aromatic nitrogens is 3. The van der Waals surface area contributed by atoms with E-state index in [4.69, 9.17) is 0 Å². The van der Waals surface area contributed by atoms with Gasteiger partial charge in [0.15, 0.2) is 0 Å². The second-order valence-electron chi connectivity index (χ2n) is 6.17. The molecule has 28 heavy (non-hydrogen) atoms. The summed E-state index contributed by atoms with van der Waals surface area (Å²) in [5.41, 5.74) is 3.14. The van der Waals surface area contributed by atoms with Crippen molar-refractivity contribution in [1.29, 1.82) is 0 Å². The van der Waals surface area contributed by atoms with Crippen LogP contribution in [0.25, 0.3) is 22.0 Å². The molecule has 0 aliphatic carbocycles. The Morgan fingerprint density at radius 1 is 1.11 bits per heavy atom. The number of H-pyrrole nitrogens is 1. The van der Waals surface area contributed by atoms with Crippen molar-refractivity contribution in [2.75, 3.05) is 5.32 Å². The number of nitrogens with zero attached hydrogens (tertiary/aromatic N) is 3. The van der Waals surface area contributed by atoms with Gasteiger partial charge < -0.3 is 10.3 Å². The van der Waals surface area contributed by atoms with E-state index < -0.39 is 10.5 Å². The number of rotatable bonds is 5. The second-order valence-corrected chi connectivity index (χ2v) is 6.17. The average molecular weight is 373 g/mol. The Balaban J connectivity index is 1.59. The second kappa shape index (κ2) is 7.28. The third-order valence-electron chi connectivity index (χ3n) is 4.39. The van der Waals surface area contributed by atoms with E-state index in [-0.39, 0.29) is 11.1 Å². The molecule has 0 radical (unpaired) electrons. The predicted molar refractivity (Wildman–Crippen MR) is 106 cm³/mol. The van der Waals surface area contributed by atoms with Gasteiger partial charge in [-0.05, 0) is 28.8 Å². The summed E-state index contributed by atoms with van der Waals surface area (Å²) >= 11 is 0. The summed E-state index contributed by atoms with van der Waals surface area (Å²) in [5.74, 6) is 0. The Kier molecular flexibility index (Phi) is 4.51. The first-order valence-corrected chi connectivity index (χ1v) is 8.51. The van der Waals surface area contributed by atoms with Crippen molar-refractivity contribution in [3.63, 3.8) is 0 Å². The summed E-state index contributed by atoms with van der Waals surface area (Å²) in [7, 11) is 0. The van der Waals surface area contributed by atoms with Crippen LogP contribution in [0.5, 0.6) is 0 Å². The van der Waals surface area contributed by atoms with Gasteiger partial charge in [-0.15, -0.1) is 0 Å². The summed E-state index contributed by atoms with van der Waals surface area (Å²) in [4.78, 5) is 33.4. The number of fused-ring (bicyclic) bond motifs is 1. The van der Waals surface area contributed by atoms with Gasteiger partial charge in [-0.3, -0.25) is 19.9 Å². The molecule has 138 valence electrons. The van der Waals surface area contributed by atoms with Crippen LogP contribution in [0.15, 0.2) is 72.0 Å². The molecule has 8 heteroatoms. The summed E-state index contributed by atoms with van der Waals surface area (Å²) in [5, 5.41) is 14.7. The summed E-state index contributed by atoms with van der Waals surface area (Å²) < 4.78 is 0. The van der Waals surface area contributed by atoms with E-state index in [1.165, 1.54) is 18.5 Å². The Morgan fingerprint density at radius 3 is 2.64 bits per heavy atom. The van der Waals surface area contributed by atoms with Gasteiger partial charge in [-0.1, -0.05) is 30.3 Å². The number of nitro benzene ring substituents is 1. The zero-order chi connectivity index (χ0) is 19.5. The van der Waals surface area contributed by atoms with Crippen molar-refractivity contribution in [2.45, 2.75) is 6.54 Å². The van der Waals surface area contributed by atoms with Gasteiger partial charge in [0.1, 0.15) is 5.69 Å². The van der Waals surface area contributed by atoms with Crippen molar-refractivity contribution in [1.82, 2.24) is 15.0 Å². The first-order chi connectivity index (χ1) is 13.6. The fourth-order valence-electron chi connectivity index (χ4n) is 2.94. The van der Waals surface area contributed by atoms with E-state index in [0.717, 1.165) is 16.7 Å². The summed E-state index contributed by atoms with van der Waals surface area (Å²) in [6.45, 7) is 0.392. The van der Waals surface area contributed by atoms with Gasteiger partial charge in [-0.2, -0.15) is 0 Å². The number of pyridine rings is 1. The molecule has 0 amide bonds. The number of nitro groups is 1. The minimum absolute atomic E-state index is 0.169. The molecule has 2 aromatic carbocycles. The minimum atomic E-state index is -0.514. The van der Waals surface area contributed by atoms with E-state index in [1.807, 2.05) is 36.4 Å². The smallest absolute Gasteiger partial charge is 0.293 e. The van der Waals surface area contributed by atoms with Crippen LogP contribution in [-0.2, 0) is 6.54 Å². The SMILES string of the molecule is O=c1[nH]cnc2cc(NCc3ccc(-c4cccnc4)cc3)c([N+](=O)[O-])cc12. The lowest BCUT2D eigenvalue weighted by Gasteiger charge is -2.09. The molecule has 0 aliphatic rings. The largest absolute Gasteiger partial charge is 0.375 e. The van der Waals surface area contributed by atoms with Crippen LogP contribution in [0, 0.1) is 10.1 Å². The van der Waals surface area contributed by atoms with Crippen molar-refractivity contribution in [3.8, 4) is 11.1 Å². The Labute approximate surface area is 159 Å². The lowest BCUT2D eigenvalue weighted by Crippen LogP contribution is -2.09. The molecule has 8 nitrogen and oxygen atoms in total. The van der Waals surface area contributed by atoms with Crippen molar-refractivity contribution in [3.05, 3.63) is 93.3 Å². The van der Waals surface area contributed by atoms with E-state index in [2.05, 4.69) is 20.3 Å². The molecule has 4 aromatic rings. The molecule has 0 atom stereocenters. The van der Waals surface area contributed by atoms with Gasteiger partial charge in [0, 0.05) is 25.0 Å². The summed E-state index contributed by atoms with van der Waals surface area (Å²) in [6.07, 6.45) is 4.79. The third-order valence-corrected chi connectivity index (χ3v) is 4.39. The van der Waals surface area contributed by atoms with Gasteiger partial charge >= 0.3 is 0 Å². The van der Waals surface area contributed by atoms with Crippen molar-refractivity contribution >= 4 is 22.3 Å². The maximum absolute atomic E-state index is 11.9. The van der Waals surface area contributed by atoms with Crippen LogP contribution >= 0.6 is 0 Å². The highest BCUT2D eigenvalue weighted by atomic mass is 16.6. The van der Waals surface area contributed by atoms with Crippen LogP contribution in [-0.4, -0.2) is 19.9 Å². The van der Waals surface area contributed by atoms with Crippen LogP contribution in [0.1, 0.15) is 5.56 Å². The van der Waals surface area contributed by atoms with Crippen molar-refractivity contribution in [2.24, 2.45) is 0 Å². The van der Waals surface area contributed by atoms with Crippen molar-refractivity contribution < 1.29 is 4.92 Å². The van der Waals surface area contributed by atoms with E-state index in [1.54, 1.807) is 12.4 Å². The normalized spacial score (nSPS) is 10.7. The maximum atomic E-state index is 11.9. The number of benzene rings is 2. The fraction of sp³-hybridized carbons (Fsp3) is 0.0500. The Bertz CT molecular complexity index is 1200. The molecule has 0 unspecified atom stereocenters. The van der Waals surface area contributed by atoms with Gasteiger partial charge in [0.25, 0.3) is 11.2 Å². The highest BCUT2D eigenvalue weighted by molar-refractivity contribution is 5.86. The molecule has 0 spiro atoms. The summed E-state index contributed by atoms with van der Waals surface area (Å²) in [6, 6.07) is 14.5. The molecule has 0 aliphatic heterocycles. The monoisotopic (exact) mass is 373 g/mol. The lowest BCUT2D eigenvalue weighted by atomic mass is 10.1. The Morgan fingerprint density at radius 2 is 1.93 bits per heavy atom. The van der Waals surface area contributed by atoms with E-state index >= 15 is 0 Å². The number of aromatic amines is 1. The third kappa shape index (κ3) is 3.43. The average Bonchev–Trinajstić information content (AvgIpc) is 2.73. The number of anilines is 1. The molecule has 0 bridgehead atoms. The molecule has 4 rings (SSSR count). The first kappa shape index (κ1) is 17.3. The topological polar surface area (TPSA) is 114 Å². The van der Waals surface area contributed by atoms with Crippen LogP contribution in [0.2, 0.25) is 0 Å². The highest BCUT2D eigenvalue weighted by Gasteiger charge is 2.17. The number of nitrogens with one attached hydrogen (secondary N) is 2. The number of hydrogen-bond donors (Lipinski definition) is 2.